The van der Waals surface area contributed by atoms with Crippen LogP contribution in [-0.2, 0) is 0 Å². The van der Waals surface area contributed by atoms with Gasteiger partial charge >= 0.3 is 0 Å². The standard InChI is InChI=1S/C8H9ClN2O/c1-2-7(11-12)6-3-4-10-8(9)5-6/h3-5,12H,2H2,1H3/b11-7+. The van der Waals surface area contributed by atoms with Gasteiger partial charge in [0.2, 0.25) is 0 Å². The van der Waals surface area contributed by atoms with E-state index in [1.165, 1.54) is 0 Å². The smallest absolute Gasteiger partial charge is 0.129 e. The Morgan fingerprint density at radius 3 is 3.00 bits per heavy atom. The third-order valence-electron chi connectivity index (χ3n) is 1.52. The van der Waals surface area contributed by atoms with Gasteiger partial charge in [0.25, 0.3) is 0 Å². The zero-order valence-electron chi connectivity index (χ0n) is 6.66. The fourth-order valence-electron chi connectivity index (χ4n) is 0.915. The van der Waals surface area contributed by atoms with E-state index in [-0.39, 0.29) is 0 Å². The molecule has 0 saturated heterocycles. The monoisotopic (exact) mass is 184 g/mol. The Bertz CT molecular complexity index is 299. The van der Waals surface area contributed by atoms with Crippen LogP contribution in [0, 0.1) is 0 Å². The van der Waals surface area contributed by atoms with E-state index in [0.717, 1.165) is 5.56 Å². The van der Waals surface area contributed by atoms with E-state index < -0.39 is 0 Å². The molecule has 1 heterocycles. The highest BCUT2D eigenvalue weighted by molar-refractivity contribution is 6.29. The Hall–Kier alpha value is -1.09. The molecule has 0 saturated carbocycles. The van der Waals surface area contributed by atoms with Crippen LogP contribution in [0.15, 0.2) is 23.5 Å². The third-order valence-corrected chi connectivity index (χ3v) is 1.72. The highest BCUT2D eigenvalue weighted by Gasteiger charge is 2.01. The van der Waals surface area contributed by atoms with Gasteiger partial charge in [-0.3, -0.25) is 0 Å². The summed E-state index contributed by atoms with van der Waals surface area (Å²) in [7, 11) is 0. The van der Waals surface area contributed by atoms with Gasteiger partial charge < -0.3 is 5.21 Å². The van der Waals surface area contributed by atoms with Crippen molar-refractivity contribution in [3.05, 3.63) is 29.0 Å². The molecule has 0 aliphatic carbocycles. The maximum Gasteiger partial charge on any atom is 0.129 e. The molecule has 0 aliphatic heterocycles. The quantitative estimate of drug-likeness (QED) is 0.332. The predicted molar refractivity (Wildman–Crippen MR) is 47.9 cm³/mol. The first-order chi connectivity index (χ1) is 5.77. The van der Waals surface area contributed by atoms with Gasteiger partial charge in [-0.15, -0.1) is 0 Å². The molecule has 0 fully saturated rings. The highest BCUT2D eigenvalue weighted by Crippen LogP contribution is 2.09. The minimum Gasteiger partial charge on any atom is -0.411 e. The largest absolute Gasteiger partial charge is 0.411 e. The maximum absolute atomic E-state index is 8.59. The maximum atomic E-state index is 8.59. The first-order valence-electron chi connectivity index (χ1n) is 3.60. The molecule has 3 nitrogen and oxygen atoms in total. The lowest BCUT2D eigenvalue weighted by molar-refractivity contribution is 0.318. The van der Waals surface area contributed by atoms with Crippen LogP contribution in [0.4, 0.5) is 0 Å². The molecular weight excluding hydrogens is 176 g/mol. The van der Waals surface area contributed by atoms with Crippen LogP contribution < -0.4 is 0 Å². The average molecular weight is 185 g/mol. The summed E-state index contributed by atoms with van der Waals surface area (Å²) in [6.45, 7) is 1.91. The summed E-state index contributed by atoms with van der Waals surface area (Å²) in [4.78, 5) is 3.82. The van der Waals surface area contributed by atoms with Gasteiger partial charge in [0, 0.05) is 11.8 Å². The molecule has 1 rings (SSSR count). The van der Waals surface area contributed by atoms with E-state index in [2.05, 4.69) is 10.1 Å². The lowest BCUT2D eigenvalue weighted by atomic mass is 10.1. The molecule has 1 aromatic heterocycles. The topological polar surface area (TPSA) is 45.5 Å². The Labute approximate surface area is 75.7 Å². The van der Waals surface area contributed by atoms with Gasteiger partial charge in [-0.2, -0.15) is 0 Å². The molecule has 0 unspecified atom stereocenters. The van der Waals surface area contributed by atoms with E-state index in [4.69, 9.17) is 16.8 Å². The van der Waals surface area contributed by atoms with Crippen molar-refractivity contribution in [1.29, 1.82) is 0 Å². The number of oxime groups is 1. The van der Waals surface area contributed by atoms with E-state index in [1.54, 1.807) is 18.3 Å². The first kappa shape index (κ1) is 9.00. The number of rotatable bonds is 2. The minimum absolute atomic E-state index is 0.405. The predicted octanol–water partition coefficient (Wildman–Crippen LogP) is 2.32. The fraction of sp³-hybridized carbons (Fsp3) is 0.250. The van der Waals surface area contributed by atoms with Crippen LogP contribution in [0.1, 0.15) is 18.9 Å². The molecule has 1 N–H and O–H groups in total. The lowest BCUT2D eigenvalue weighted by Crippen LogP contribution is -1.98. The minimum atomic E-state index is 0.405. The Morgan fingerprint density at radius 2 is 2.50 bits per heavy atom. The molecular formula is C8H9ClN2O. The second kappa shape index (κ2) is 4.07. The molecule has 0 radical (unpaired) electrons. The van der Waals surface area contributed by atoms with Crippen molar-refractivity contribution >= 4 is 17.3 Å². The van der Waals surface area contributed by atoms with Gasteiger partial charge in [-0.05, 0) is 18.6 Å². The van der Waals surface area contributed by atoms with Crippen LogP contribution in [0.5, 0.6) is 0 Å². The van der Waals surface area contributed by atoms with Gasteiger partial charge in [0.1, 0.15) is 5.15 Å². The van der Waals surface area contributed by atoms with Crippen molar-refractivity contribution in [2.24, 2.45) is 5.16 Å². The zero-order valence-corrected chi connectivity index (χ0v) is 7.41. The van der Waals surface area contributed by atoms with Crippen LogP contribution in [0.3, 0.4) is 0 Å². The highest BCUT2D eigenvalue weighted by atomic mass is 35.5. The number of hydrogen-bond acceptors (Lipinski definition) is 3. The van der Waals surface area contributed by atoms with Crippen molar-refractivity contribution < 1.29 is 5.21 Å². The van der Waals surface area contributed by atoms with Gasteiger partial charge in [-0.1, -0.05) is 23.7 Å². The molecule has 0 atom stereocenters. The van der Waals surface area contributed by atoms with Gasteiger partial charge in [-0.25, -0.2) is 4.98 Å². The summed E-state index contributed by atoms with van der Waals surface area (Å²) in [5, 5.41) is 12.1. The molecule has 4 heteroatoms. The van der Waals surface area contributed by atoms with Crippen LogP contribution in [0.2, 0.25) is 5.15 Å². The van der Waals surface area contributed by atoms with Crippen molar-refractivity contribution in [3.8, 4) is 0 Å². The SMILES string of the molecule is CC/C(=N\O)c1ccnc(Cl)c1. The Balaban J connectivity index is 3.02. The lowest BCUT2D eigenvalue weighted by Gasteiger charge is -1.99. The summed E-state index contributed by atoms with van der Waals surface area (Å²) >= 11 is 5.66. The molecule has 0 aromatic carbocycles. The van der Waals surface area contributed by atoms with Crippen LogP contribution in [-0.4, -0.2) is 15.9 Å². The summed E-state index contributed by atoms with van der Waals surface area (Å²) in [5.74, 6) is 0. The zero-order chi connectivity index (χ0) is 8.97. The summed E-state index contributed by atoms with van der Waals surface area (Å²) in [5.41, 5.74) is 1.42. The summed E-state index contributed by atoms with van der Waals surface area (Å²) in [6, 6.07) is 3.42. The van der Waals surface area contributed by atoms with Crippen molar-refractivity contribution in [2.45, 2.75) is 13.3 Å². The number of hydrogen-bond donors (Lipinski definition) is 1. The number of pyridine rings is 1. The first-order valence-corrected chi connectivity index (χ1v) is 3.98. The van der Waals surface area contributed by atoms with E-state index >= 15 is 0 Å². The van der Waals surface area contributed by atoms with E-state index in [0.29, 0.717) is 17.3 Å². The van der Waals surface area contributed by atoms with Gasteiger partial charge in [0.05, 0.1) is 5.71 Å². The van der Waals surface area contributed by atoms with Crippen molar-refractivity contribution in [2.75, 3.05) is 0 Å². The molecule has 0 bridgehead atoms. The van der Waals surface area contributed by atoms with E-state index in [1.807, 2.05) is 6.92 Å². The Kier molecular flexibility index (Phi) is 3.05. The summed E-state index contributed by atoms with van der Waals surface area (Å²) < 4.78 is 0. The molecule has 0 aliphatic rings. The van der Waals surface area contributed by atoms with Crippen LogP contribution in [0.25, 0.3) is 0 Å². The third kappa shape index (κ3) is 1.95. The average Bonchev–Trinajstić information content (AvgIpc) is 2.07. The number of aromatic nitrogens is 1. The van der Waals surface area contributed by atoms with Crippen molar-refractivity contribution in [1.82, 2.24) is 4.98 Å². The number of nitrogens with zero attached hydrogens (tertiary/aromatic N) is 2. The normalized spacial score (nSPS) is 11.7. The molecule has 0 amide bonds. The molecule has 12 heavy (non-hydrogen) atoms. The Morgan fingerprint density at radius 1 is 1.75 bits per heavy atom. The molecule has 64 valence electrons. The fourth-order valence-corrected chi connectivity index (χ4v) is 1.09. The molecule has 0 spiro atoms. The molecule has 1 aromatic rings. The summed E-state index contributed by atoms with van der Waals surface area (Å²) in [6.07, 6.45) is 2.25. The number of halogens is 1. The van der Waals surface area contributed by atoms with E-state index in [9.17, 15) is 0 Å². The van der Waals surface area contributed by atoms with Crippen molar-refractivity contribution in [3.63, 3.8) is 0 Å². The second-order valence-electron chi connectivity index (χ2n) is 2.27. The van der Waals surface area contributed by atoms with Gasteiger partial charge in [0.15, 0.2) is 0 Å². The second-order valence-corrected chi connectivity index (χ2v) is 2.65. The van der Waals surface area contributed by atoms with Crippen LogP contribution >= 0.6 is 11.6 Å².